The van der Waals surface area contributed by atoms with Gasteiger partial charge in [0, 0.05) is 6.42 Å². The summed E-state index contributed by atoms with van der Waals surface area (Å²) >= 11 is 0. The Bertz CT molecular complexity index is 408. The highest BCUT2D eigenvalue weighted by atomic mass is 15.1. The molecule has 146 valence electrons. The molecule has 0 aliphatic carbocycles. The minimum atomic E-state index is 1.17. The molecule has 0 amide bonds. The summed E-state index contributed by atoms with van der Waals surface area (Å²) in [4.78, 5) is 0. The van der Waals surface area contributed by atoms with Gasteiger partial charge >= 0.3 is 0 Å². The van der Waals surface area contributed by atoms with Crippen molar-refractivity contribution < 1.29 is 4.57 Å². The molecule has 0 aliphatic heterocycles. The largest absolute Gasteiger partial charge is 0.256 e. The number of hydrogen-bond donors (Lipinski definition) is 0. The lowest BCUT2D eigenvalue weighted by Crippen LogP contribution is -2.37. The molecular formula is C23H45N2+. The fourth-order valence-electron chi connectivity index (χ4n) is 3.74. The van der Waals surface area contributed by atoms with Crippen LogP contribution in [0.5, 0.6) is 0 Å². The number of unbranched alkanes of at least 4 members (excludes halogenated alkanes) is 11. The molecule has 0 saturated heterocycles. The molecular weight excluding hydrogens is 304 g/mol. The van der Waals surface area contributed by atoms with E-state index >= 15 is 0 Å². The van der Waals surface area contributed by atoms with E-state index in [2.05, 4.69) is 42.3 Å². The predicted molar refractivity (Wildman–Crippen MR) is 110 cm³/mol. The summed E-state index contributed by atoms with van der Waals surface area (Å²) in [5.41, 5.74) is 0. The molecule has 1 heterocycles. The van der Waals surface area contributed by atoms with Gasteiger partial charge in [0.15, 0.2) is 0 Å². The average Bonchev–Trinajstić information content (AvgIpc) is 2.99. The van der Waals surface area contributed by atoms with E-state index in [1.54, 1.807) is 5.82 Å². The maximum absolute atomic E-state index is 2.54. The van der Waals surface area contributed by atoms with Gasteiger partial charge in [-0.1, -0.05) is 85.0 Å². The van der Waals surface area contributed by atoms with Crippen molar-refractivity contribution in [3.05, 3.63) is 18.2 Å². The Labute approximate surface area is 158 Å². The summed E-state index contributed by atoms with van der Waals surface area (Å²) in [6, 6.07) is 0. The molecule has 1 rings (SSSR count). The van der Waals surface area contributed by atoms with E-state index in [0.717, 1.165) is 0 Å². The standard InChI is InChI=1S/C23H45N2/c1-4-7-9-10-11-12-13-14-15-17-20-25-22-21-24(19-6-3)23(25)18-16-8-5-2/h21-22H,4-20H2,1-3H3/q+1. The molecule has 0 bridgehead atoms. The molecule has 0 saturated carbocycles. The molecule has 0 atom stereocenters. The number of nitrogens with zero attached hydrogens (tertiary/aromatic N) is 2. The highest BCUT2D eigenvalue weighted by molar-refractivity contribution is 4.84. The van der Waals surface area contributed by atoms with Gasteiger partial charge in [0.1, 0.15) is 12.4 Å². The zero-order chi connectivity index (χ0) is 18.2. The Morgan fingerprint density at radius 3 is 1.84 bits per heavy atom. The summed E-state index contributed by atoms with van der Waals surface area (Å²) in [6.45, 7) is 9.26. The van der Waals surface area contributed by atoms with Crippen LogP contribution in [0.1, 0.15) is 116 Å². The zero-order valence-corrected chi connectivity index (χ0v) is 17.6. The van der Waals surface area contributed by atoms with Gasteiger partial charge in [-0.15, -0.1) is 0 Å². The monoisotopic (exact) mass is 349 g/mol. The summed E-state index contributed by atoms with van der Waals surface area (Å²) in [5, 5.41) is 0. The number of rotatable bonds is 17. The van der Waals surface area contributed by atoms with E-state index < -0.39 is 0 Å². The van der Waals surface area contributed by atoms with Gasteiger partial charge in [0.25, 0.3) is 5.82 Å². The molecule has 0 radical (unpaired) electrons. The highest BCUT2D eigenvalue weighted by Crippen LogP contribution is 2.12. The van der Waals surface area contributed by atoms with Gasteiger partial charge in [-0.3, -0.25) is 0 Å². The van der Waals surface area contributed by atoms with Gasteiger partial charge in [-0.2, -0.15) is 0 Å². The molecule has 0 aliphatic rings. The first kappa shape index (κ1) is 22.3. The Kier molecular flexibility index (Phi) is 13.8. The minimum absolute atomic E-state index is 1.17. The summed E-state index contributed by atoms with van der Waals surface area (Å²) < 4.78 is 5.03. The number of hydrogen-bond acceptors (Lipinski definition) is 0. The first-order chi connectivity index (χ1) is 12.3. The van der Waals surface area contributed by atoms with Crippen LogP contribution in [0.3, 0.4) is 0 Å². The molecule has 0 fully saturated rings. The van der Waals surface area contributed by atoms with Crippen LogP contribution in [0.2, 0.25) is 0 Å². The number of aryl methyl sites for hydroxylation is 2. The van der Waals surface area contributed by atoms with Gasteiger partial charge in [0.05, 0.1) is 13.1 Å². The molecule has 0 aromatic carbocycles. The quantitative estimate of drug-likeness (QED) is 0.215. The lowest BCUT2D eigenvalue weighted by atomic mass is 10.1. The van der Waals surface area contributed by atoms with Crippen molar-refractivity contribution in [1.29, 1.82) is 0 Å². The van der Waals surface area contributed by atoms with Crippen LogP contribution in [-0.2, 0) is 19.5 Å². The zero-order valence-electron chi connectivity index (χ0n) is 17.6. The third-order valence-electron chi connectivity index (χ3n) is 5.31. The fourth-order valence-corrected chi connectivity index (χ4v) is 3.74. The van der Waals surface area contributed by atoms with Crippen LogP contribution < -0.4 is 4.57 Å². The number of aromatic nitrogens is 2. The molecule has 1 aromatic rings. The maximum Gasteiger partial charge on any atom is 0.256 e. The van der Waals surface area contributed by atoms with Gasteiger partial charge < -0.3 is 0 Å². The smallest absolute Gasteiger partial charge is 0.234 e. The van der Waals surface area contributed by atoms with Crippen LogP contribution in [-0.4, -0.2) is 4.57 Å². The molecule has 0 spiro atoms. The van der Waals surface area contributed by atoms with E-state index in [1.807, 2.05) is 0 Å². The summed E-state index contributed by atoms with van der Waals surface area (Å²) in [5.74, 6) is 1.56. The molecule has 25 heavy (non-hydrogen) atoms. The van der Waals surface area contributed by atoms with Crippen LogP contribution >= 0.6 is 0 Å². The van der Waals surface area contributed by atoms with Gasteiger partial charge in [0.2, 0.25) is 0 Å². The normalized spacial score (nSPS) is 11.3. The van der Waals surface area contributed by atoms with Crippen molar-refractivity contribution in [2.75, 3.05) is 0 Å². The van der Waals surface area contributed by atoms with E-state index in [4.69, 9.17) is 0 Å². The van der Waals surface area contributed by atoms with Crippen molar-refractivity contribution in [3.63, 3.8) is 0 Å². The van der Waals surface area contributed by atoms with E-state index in [0.29, 0.717) is 0 Å². The minimum Gasteiger partial charge on any atom is -0.234 e. The summed E-state index contributed by atoms with van der Waals surface area (Å²) in [7, 11) is 0. The Morgan fingerprint density at radius 1 is 0.680 bits per heavy atom. The molecule has 0 unspecified atom stereocenters. The highest BCUT2D eigenvalue weighted by Gasteiger charge is 2.15. The SMILES string of the molecule is CCCCCCCCCCCCn1cc[n+](CCC)c1CCCCC. The van der Waals surface area contributed by atoms with Crippen molar-refractivity contribution in [1.82, 2.24) is 4.57 Å². The van der Waals surface area contributed by atoms with E-state index in [9.17, 15) is 0 Å². The van der Waals surface area contributed by atoms with E-state index in [1.165, 1.54) is 109 Å². The average molecular weight is 350 g/mol. The van der Waals surface area contributed by atoms with Crippen LogP contribution in [0.25, 0.3) is 0 Å². The molecule has 1 aromatic heterocycles. The second-order valence-corrected chi connectivity index (χ2v) is 7.74. The molecule has 2 heteroatoms. The third-order valence-corrected chi connectivity index (χ3v) is 5.31. The van der Waals surface area contributed by atoms with Crippen molar-refractivity contribution >= 4 is 0 Å². The molecule has 0 N–H and O–H groups in total. The fraction of sp³-hybridized carbons (Fsp3) is 0.870. The van der Waals surface area contributed by atoms with Crippen LogP contribution in [0, 0.1) is 0 Å². The number of imidazole rings is 1. The van der Waals surface area contributed by atoms with E-state index in [-0.39, 0.29) is 0 Å². The Morgan fingerprint density at radius 2 is 1.24 bits per heavy atom. The Balaban J connectivity index is 2.20. The van der Waals surface area contributed by atoms with Crippen LogP contribution in [0.15, 0.2) is 12.4 Å². The van der Waals surface area contributed by atoms with Crippen molar-refractivity contribution in [3.8, 4) is 0 Å². The molecule has 2 nitrogen and oxygen atoms in total. The van der Waals surface area contributed by atoms with Gasteiger partial charge in [-0.25, -0.2) is 9.13 Å². The lowest BCUT2D eigenvalue weighted by Gasteiger charge is -2.05. The first-order valence-electron chi connectivity index (χ1n) is 11.4. The summed E-state index contributed by atoms with van der Waals surface area (Å²) in [6.07, 6.45) is 25.3. The van der Waals surface area contributed by atoms with Crippen molar-refractivity contribution in [2.45, 2.75) is 130 Å². The van der Waals surface area contributed by atoms with Crippen LogP contribution in [0.4, 0.5) is 0 Å². The maximum atomic E-state index is 2.54. The predicted octanol–water partition coefficient (Wildman–Crippen LogP) is 6.84. The van der Waals surface area contributed by atoms with Gasteiger partial charge in [-0.05, 0) is 25.7 Å². The first-order valence-corrected chi connectivity index (χ1v) is 11.4. The Hall–Kier alpha value is -0.790. The topological polar surface area (TPSA) is 8.81 Å². The lowest BCUT2D eigenvalue weighted by molar-refractivity contribution is -0.703. The van der Waals surface area contributed by atoms with Crippen molar-refractivity contribution in [2.24, 2.45) is 0 Å². The third kappa shape index (κ3) is 10.1. The second kappa shape index (κ2) is 15.5. The second-order valence-electron chi connectivity index (χ2n) is 7.74.